The molecule has 2 aromatic rings. The first-order chi connectivity index (χ1) is 11.7. The molecular formula is C20H23NO2S. The molecule has 1 atom stereocenters. The van der Waals surface area contributed by atoms with Crippen LogP contribution in [0.15, 0.2) is 65.8 Å². The molecule has 0 radical (unpaired) electrons. The summed E-state index contributed by atoms with van der Waals surface area (Å²) in [6, 6.07) is 20.7. The highest BCUT2D eigenvalue weighted by Gasteiger charge is 2.34. The van der Waals surface area contributed by atoms with Gasteiger partial charge in [-0.25, -0.2) is 0 Å². The van der Waals surface area contributed by atoms with E-state index in [2.05, 4.69) is 48.5 Å². The van der Waals surface area contributed by atoms with Crippen LogP contribution in [0.1, 0.15) is 24.5 Å². The largest absolute Gasteiger partial charge is 0.387 e. The summed E-state index contributed by atoms with van der Waals surface area (Å²) in [6.07, 6.45) is 0.837. The number of ether oxygens (including phenoxy) is 1. The van der Waals surface area contributed by atoms with Crippen molar-refractivity contribution in [2.45, 2.75) is 31.3 Å². The third kappa shape index (κ3) is 5.11. The molecule has 0 spiro atoms. The van der Waals surface area contributed by atoms with Crippen LogP contribution in [0.2, 0.25) is 0 Å². The Kier molecular flexibility index (Phi) is 5.94. The minimum Gasteiger partial charge on any atom is -0.387 e. The highest BCUT2D eigenvalue weighted by Crippen LogP contribution is 2.26. The molecule has 0 N–H and O–H groups in total. The highest BCUT2D eigenvalue weighted by atomic mass is 32.2. The fraction of sp³-hybridized carbons (Fsp3) is 0.350. The fourth-order valence-electron chi connectivity index (χ4n) is 2.65. The summed E-state index contributed by atoms with van der Waals surface area (Å²) in [5, 5.41) is 4.26. The number of nitrogens with zero attached hydrogens (tertiary/aromatic N) is 1. The van der Waals surface area contributed by atoms with Crippen LogP contribution in [0.4, 0.5) is 0 Å². The summed E-state index contributed by atoms with van der Waals surface area (Å²) in [5.74, 6) is 1.91. The molecule has 0 saturated heterocycles. The second kappa shape index (κ2) is 8.36. The van der Waals surface area contributed by atoms with Gasteiger partial charge in [-0.15, -0.1) is 0 Å². The van der Waals surface area contributed by atoms with E-state index in [1.807, 2.05) is 36.0 Å². The lowest BCUT2D eigenvalue weighted by Gasteiger charge is -2.21. The van der Waals surface area contributed by atoms with Crippen LogP contribution in [0.3, 0.4) is 0 Å². The van der Waals surface area contributed by atoms with Gasteiger partial charge in [-0.3, -0.25) is 0 Å². The van der Waals surface area contributed by atoms with Gasteiger partial charge in [0.1, 0.15) is 0 Å². The van der Waals surface area contributed by atoms with Crippen molar-refractivity contribution in [2.24, 2.45) is 5.16 Å². The summed E-state index contributed by atoms with van der Waals surface area (Å²) in [6.45, 7) is 3.23. The predicted octanol–water partition coefficient (Wildman–Crippen LogP) is 4.67. The molecule has 1 aliphatic rings. The Hall–Kier alpha value is -1.78. The van der Waals surface area contributed by atoms with E-state index in [0.29, 0.717) is 13.2 Å². The molecule has 1 unspecified atom stereocenters. The minimum absolute atomic E-state index is 0.336. The zero-order chi connectivity index (χ0) is 16.7. The lowest BCUT2D eigenvalue weighted by Crippen LogP contribution is -2.31. The van der Waals surface area contributed by atoms with Crippen molar-refractivity contribution in [1.82, 2.24) is 0 Å². The van der Waals surface area contributed by atoms with E-state index in [1.165, 1.54) is 11.1 Å². The van der Waals surface area contributed by atoms with Gasteiger partial charge in [0.15, 0.2) is 5.60 Å². The maximum Gasteiger partial charge on any atom is 0.163 e. The van der Waals surface area contributed by atoms with Gasteiger partial charge in [0.05, 0.1) is 18.9 Å². The van der Waals surface area contributed by atoms with E-state index < -0.39 is 0 Å². The number of benzene rings is 2. The summed E-state index contributed by atoms with van der Waals surface area (Å²) in [5.41, 5.74) is 3.30. The van der Waals surface area contributed by atoms with Crippen molar-refractivity contribution in [3.63, 3.8) is 0 Å². The minimum atomic E-state index is -0.336. The van der Waals surface area contributed by atoms with Crippen molar-refractivity contribution in [1.29, 1.82) is 0 Å². The Balaban J connectivity index is 1.37. The van der Waals surface area contributed by atoms with Crippen molar-refractivity contribution in [3.8, 4) is 0 Å². The quantitative estimate of drug-likeness (QED) is 0.699. The smallest absolute Gasteiger partial charge is 0.163 e. The Morgan fingerprint density at radius 3 is 2.38 bits per heavy atom. The predicted molar refractivity (Wildman–Crippen MR) is 100 cm³/mol. The first-order valence-corrected chi connectivity index (χ1v) is 9.36. The molecule has 1 aliphatic heterocycles. The summed E-state index contributed by atoms with van der Waals surface area (Å²) >= 11 is 1.87. The van der Waals surface area contributed by atoms with Gasteiger partial charge in [0.25, 0.3) is 0 Å². The van der Waals surface area contributed by atoms with Crippen LogP contribution in [0.5, 0.6) is 0 Å². The molecule has 0 bridgehead atoms. The van der Waals surface area contributed by atoms with Gasteiger partial charge < -0.3 is 9.57 Å². The maximum atomic E-state index is 5.82. The third-order valence-corrected chi connectivity index (χ3v) is 4.95. The Bertz CT molecular complexity index is 660. The van der Waals surface area contributed by atoms with Gasteiger partial charge in [0.2, 0.25) is 0 Å². The molecule has 126 valence electrons. The Labute approximate surface area is 148 Å². The first kappa shape index (κ1) is 17.1. The molecule has 0 aliphatic carbocycles. The SMILES string of the molecule is CC1(COCc2ccccc2)CC(CSCc2ccccc2)=NO1. The van der Waals surface area contributed by atoms with Gasteiger partial charge >= 0.3 is 0 Å². The molecule has 0 amide bonds. The van der Waals surface area contributed by atoms with E-state index >= 15 is 0 Å². The monoisotopic (exact) mass is 341 g/mol. The number of rotatable bonds is 8. The van der Waals surface area contributed by atoms with Gasteiger partial charge in [-0.2, -0.15) is 11.8 Å². The summed E-state index contributed by atoms with van der Waals surface area (Å²) in [4.78, 5) is 5.64. The lowest BCUT2D eigenvalue weighted by atomic mass is 10.0. The summed E-state index contributed by atoms with van der Waals surface area (Å²) < 4.78 is 5.82. The number of oxime groups is 1. The topological polar surface area (TPSA) is 30.8 Å². The van der Waals surface area contributed by atoms with Crippen molar-refractivity contribution in [2.75, 3.05) is 12.4 Å². The zero-order valence-corrected chi connectivity index (χ0v) is 14.8. The van der Waals surface area contributed by atoms with Crippen LogP contribution in [-0.2, 0) is 21.9 Å². The van der Waals surface area contributed by atoms with Crippen LogP contribution >= 0.6 is 11.8 Å². The highest BCUT2D eigenvalue weighted by molar-refractivity contribution is 7.99. The average molecular weight is 341 g/mol. The number of hydrogen-bond acceptors (Lipinski definition) is 4. The molecule has 2 aromatic carbocycles. The second-order valence-electron chi connectivity index (χ2n) is 6.33. The van der Waals surface area contributed by atoms with Gasteiger partial charge in [0, 0.05) is 17.9 Å². The molecule has 1 heterocycles. The zero-order valence-electron chi connectivity index (χ0n) is 14.0. The standard InChI is InChI=1S/C20H23NO2S/c1-20(16-22-13-17-8-4-2-5-9-17)12-19(21-23-20)15-24-14-18-10-6-3-7-11-18/h2-11H,12-16H2,1H3. The Morgan fingerprint density at radius 2 is 1.67 bits per heavy atom. The van der Waals surface area contributed by atoms with Crippen LogP contribution in [0, 0.1) is 0 Å². The van der Waals surface area contributed by atoms with Crippen molar-refractivity contribution < 1.29 is 9.57 Å². The second-order valence-corrected chi connectivity index (χ2v) is 7.32. The fourth-order valence-corrected chi connectivity index (χ4v) is 3.57. The molecule has 0 saturated carbocycles. The van der Waals surface area contributed by atoms with E-state index in [9.17, 15) is 0 Å². The molecule has 0 fully saturated rings. The van der Waals surface area contributed by atoms with Crippen LogP contribution < -0.4 is 0 Å². The van der Waals surface area contributed by atoms with Crippen LogP contribution in [-0.4, -0.2) is 23.7 Å². The van der Waals surface area contributed by atoms with E-state index in [0.717, 1.165) is 23.6 Å². The summed E-state index contributed by atoms with van der Waals surface area (Å²) in [7, 11) is 0. The Morgan fingerprint density at radius 1 is 1.00 bits per heavy atom. The van der Waals surface area contributed by atoms with Gasteiger partial charge in [-0.1, -0.05) is 65.8 Å². The molecule has 3 rings (SSSR count). The molecule has 0 aromatic heterocycles. The third-order valence-electron chi connectivity index (χ3n) is 3.87. The van der Waals surface area contributed by atoms with Gasteiger partial charge in [-0.05, 0) is 18.1 Å². The van der Waals surface area contributed by atoms with Crippen molar-refractivity contribution in [3.05, 3.63) is 71.8 Å². The van der Waals surface area contributed by atoms with Crippen LogP contribution in [0.25, 0.3) is 0 Å². The van der Waals surface area contributed by atoms with E-state index in [-0.39, 0.29) is 5.60 Å². The maximum absolute atomic E-state index is 5.82. The van der Waals surface area contributed by atoms with E-state index in [4.69, 9.17) is 9.57 Å². The first-order valence-electron chi connectivity index (χ1n) is 8.21. The number of thioether (sulfide) groups is 1. The average Bonchev–Trinajstić information content (AvgIpc) is 2.98. The lowest BCUT2D eigenvalue weighted by molar-refractivity contribution is -0.0709. The molecule has 24 heavy (non-hydrogen) atoms. The normalized spacial score (nSPS) is 19.8. The van der Waals surface area contributed by atoms with E-state index in [1.54, 1.807) is 0 Å². The molecular weight excluding hydrogens is 318 g/mol. The number of hydrogen-bond donors (Lipinski definition) is 0. The van der Waals surface area contributed by atoms with Crippen molar-refractivity contribution >= 4 is 17.5 Å². The molecule has 4 heteroatoms. The molecule has 3 nitrogen and oxygen atoms in total.